The molecule has 2 aromatic carbocycles. The zero-order chi connectivity index (χ0) is 22.5. The number of carbonyl (C=O) groups excluding carboxylic acids is 2. The Balaban J connectivity index is 1.88. The zero-order valence-corrected chi connectivity index (χ0v) is 18.9. The first-order chi connectivity index (χ1) is 15.1. The van der Waals surface area contributed by atoms with E-state index in [1.165, 1.54) is 0 Å². The Labute approximate surface area is 185 Å². The summed E-state index contributed by atoms with van der Waals surface area (Å²) >= 11 is 0. The van der Waals surface area contributed by atoms with Crippen molar-refractivity contribution in [2.75, 3.05) is 26.8 Å². The fourth-order valence-corrected chi connectivity index (χ4v) is 3.22. The van der Waals surface area contributed by atoms with Crippen molar-refractivity contribution in [3.63, 3.8) is 0 Å². The van der Waals surface area contributed by atoms with Crippen LogP contribution in [-0.4, -0.2) is 43.5 Å². The number of methoxy groups -OCH3 is 1. The van der Waals surface area contributed by atoms with E-state index >= 15 is 0 Å². The third-order valence-corrected chi connectivity index (χ3v) is 4.80. The Morgan fingerprint density at radius 2 is 1.77 bits per heavy atom. The van der Waals surface area contributed by atoms with E-state index < -0.39 is 0 Å². The molecule has 0 radical (unpaired) electrons. The van der Waals surface area contributed by atoms with E-state index in [2.05, 4.69) is 19.2 Å². The Kier molecular flexibility index (Phi) is 10.4. The molecular weight excluding hydrogens is 392 g/mol. The number of rotatable bonds is 13. The van der Waals surface area contributed by atoms with Crippen LogP contribution in [0.25, 0.3) is 0 Å². The summed E-state index contributed by atoms with van der Waals surface area (Å²) in [6, 6.07) is 14.9. The van der Waals surface area contributed by atoms with Gasteiger partial charge in [0.05, 0.1) is 13.7 Å². The lowest BCUT2D eigenvalue weighted by Crippen LogP contribution is -2.32. The highest BCUT2D eigenvalue weighted by Gasteiger charge is 2.15. The van der Waals surface area contributed by atoms with Crippen molar-refractivity contribution >= 4 is 11.8 Å². The Bertz CT molecular complexity index is 824. The van der Waals surface area contributed by atoms with Gasteiger partial charge in [-0.2, -0.15) is 0 Å². The van der Waals surface area contributed by atoms with Gasteiger partial charge in [0.2, 0.25) is 5.91 Å². The van der Waals surface area contributed by atoms with Crippen LogP contribution in [0.3, 0.4) is 0 Å². The quantitative estimate of drug-likeness (QED) is 0.481. The molecule has 0 bridgehead atoms. The molecule has 168 valence electrons. The number of hydrogen-bond donors (Lipinski definition) is 1. The third-order valence-electron chi connectivity index (χ3n) is 4.80. The SMILES string of the molecule is CCCOc1ccc(CN(CCC)C(=O)CCCNC(=O)c2ccccc2)cc1OC. The van der Waals surface area contributed by atoms with Crippen molar-refractivity contribution in [1.82, 2.24) is 10.2 Å². The summed E-state index contributed by atoms with van der Waals surface area (Å²) in [6.07, 6.45) is 2.80. The molecule has 0 aliphatic rings. The Morgan fingerprint density at radius 1 is 1.00 bits per heavy atom. The second kappa shape index (κ2) is 13.3. The Hall–Kier alpha value is -3.02. The van der Waals surface area contributed by atoms with E-state index in [-0.39, 0.29) is 11.8 Å². The standard InChI is InChI=1S/C25H34N2O4/c1-4-16-27(19-20-13-14-22(31-17-5-2)23(18-20)30-3)24(28)12-9-15-26-25(29)21-10-7-6-8-11-21/h6-8,10-11,13-14,18H,4-5,9,12,15-17,19H2,1-3H3,(H,26,29). The second-order valence-electron chi connectivity index (χ2n) is 7.37. The minimum absolute atomic E-state index is 0.0843. The average Bonchev–Trinajstić information content (AvgIpc) is 2.80. The lowest BCUT2D eigenvalue weighted by molar-refractivity contribution is -0.132. The summed E-state index contributed by atoms with van der Waals surface area (Å²) in [7, 11) is 1.62. The molecule has 0 atom stereocenters. The molecule has 6 heteroatoms. The minimum Gasteiger partial charge on any atom is -0.493 e. The normalized spacial score (nSPS) is 10.4. The lowest BCUT2D eigenvalue weighted by atomic mass is 10.1. The second-order valence-corrected chi connectivity index (χ2v) is 7.37. The van der Waals surface area contributed by atoms with E-state index in [9.17, 15) is 9.59 Å². The highest BCUT2D eigenvalue weighted by atomic mass is 16.5. The minimum atomic E-state index is -0.115. The molecule has 0 saturated heterocycles. The summed E-state index contributed by atoms with van der Waals surface area (Å²) < 4.78 is 11.2. The van der Waals surface area contributed by atoms with Crippen molar-refractivity contribution in [3.8, 4) is 11.5 Å². The van der Waals surface area contributed by atoms with Gasteiger partial charge < -0.3 is 19.7 Å². The van der Waals surface area contributed by atoms with Gasteiger partial charge in [0.1, 0.15) is 0 Å². The summed E-state index contributed by atoms with van der Waals surface area (Å²) in [5.74, 6) is 1.37. The van der Waals surface area contributed by atoms with Gasteiger partial charge in [0.15, 0.2) is 11.5 Å². The smallest absolute Gasteiger partial charge is 0.251 e. The molecule has 0 aliphatic heterocycles. The van der Waals surface area contributed by atoms with Crippen molar-refractivity contribution in [1.29, 1.82) is 0 Å². The van der Waals surface area contributed by atoms with E-state index in [4.69, 9.17) is 9.47 Å². The molecule has 0 saturated carbocycles. The maximum atomic E-state index is 12.8. The maximum Gasteiger partial charge on any atom is 0.251 e. The summed E-state index contributed by atoms with van der Waals surface area (Å²) in [5.41, 5.74) is 1.63. The number of nitrogens with zero attached hydrogens (tertiary/aromatic N) is 1. The molecule has 0 fully saturated rings. The van der Waals surface area contributed by atoms with Crippen LogP contribution in [0.4, 0.5) is 0 Å². The molecule has 1 N–H and O–H groups in total. The fraction of sp³-hybridized carbons (Fsp3) is 0.440. The van der Waals surface area contributed by atoms with Gasteiger partial charge in [-0.05, 0) is 49.1 Å². The summed E-state index contributed by atoms with van der Waals surface area (Å²) in [6.45, 7) is 6.43. The van der Waals surface area contributed by atoms with Gasteiger partial charge >= 0.3 is 0 Å². The van der Waals surface area contributed by atoms with Gasteiger partial charge in [-0.3, -0.25) is 9.59 Å². The van der Waals surface area contributed by atoms with Gasteiger partial charge in [-0.1, -0.05) is 38.1 Å². The molecule has 0 spiro atoms. The first kappa shape index (κ1) is 24.3. The number of nitrogens with one attached hydrogen (secondary N) is 1. The van der Waals surface area contributed by atoms with Crippen molar-refractivity contribution in [2.24, 2.45) is 0 Å². The largest absolute Gasteiger partial charge is 0.493 e. The molecule has 0 heterocycles. The number of benzene rings is 2. The first-order valence-electron chi connectivity index (χ1n) is 11.0. The maximum absolute atomic E-state index is 12.8. The highest BCUT2D eigenvalue weighted by Crippen LogP contribution is 2.28. The van der Waals surface area contributed by atoms with Crippen LogP contribution in [0, 0.1) is 0 Å². The van der Waals surface area contributed by atoms with Crippen LogP contribution >= 0.6 is 0 Å². The average molecular weight is 427 g/mol. The highest BCUT2D eigenvalue weighted by molar-refractivity contribution is 5.94. The van der Waals surface area contributed by atoms with E-state index in [0.29, 0.717) is 50.4 Å². The van der Waals surface area contributed by atoms with Crippen LogP contribution in [0.5, 0.6) is 11.5 Å². The fourth-order valence-electron chi connectivity index (χ4n) is 3.22. The number of amides is 2. The first-order valence-corrected chi connectivity index (χ1v) is 11.0. The van der Waals surface area contributed by atoms with Crippen LogP contribution in [0.15, 0.2) is 48.5 Å². The van der Waals surface area contributed by atoms with E-state index in [1.54, 1.807) is 19.2 Å². The number of hydrogen-bond acceptors (Lipinski definition) is 4. The molecule has 2 rings (SSSR count). The van der Waals surface area contributed by atoms with Gasteiger partial charge in [0.25, 0.3) is 5.91 Å². The molecule has 0 unspecified atom stereocenters. The number of ether oxygens (including phenoxy) is 2. The molecule has 0 aliphatic carbocycles. The molecular formula is C25H34N2O4. The van der Waals surface area contributed by atoms with Gasteiger partial charge in [-0.25, -0.2) is 0 Å². The Morgan fingerprint density at radius 3 is 2.45 bits per heavy atom. The van der Waals surface area contributed by atoms with Crippen LogP contribution in [0.2, 0.25) is 0 Å². The van der Waals surface area contributed by atoms with Gasteiger partial charge in [0, 0.05) is 31.6 Å². The topological polar surface area (TPSA) is 67.9 Å². The van der Waals surface area contributed by atoms with Crippen LogP contribution < -0.4 is 14.8 Å². The number of carbonyl (C=O) groups is 2. The molecule has 6 nitrogen and oxygen atoms in total. The zero-order valence-electron chi connectivity index (χ0n) is 18.9. The van der Waals surface area contributed by atoms with E-state index in [1.807, 2.05) is 41.3 Å². The monoisotopic (exact) mass is 426 g/mol. The van der Waals surface area contributed by atoms with Crippen molar-refractivity contribution in [3.05, 3.63) is 59.7 Å². The van der Waals surface area contributed by atoms with Crippen LogP contribution in [-0.2, 0) is 11.3 Å². The summed E-state index contributed by atoms with van der Waals surface area (Å²) in [4.78, 5) is 26.7. The van der Waals surface area contributed by atoms with Crippen LogP contribution in [0.1, 0.15) is 55.5 Å². The molecule has 0 aromatic heterocycles. The molecule has 2 aromatic rings. The summed E-state index contributed by atoms with van der Waals surface area (Å²) in [5, 5.41) is 2.87. The van der Waals surface area contributed by atoms with Crippen molar-refractivity contribution < 1.29 is 19.1 Å². The third kappa shape index (κ3) is 7.96. The van der Waals surface area contributed by atoms with E-state index in [0.717, 1.165) is 24.2 Å². The van der Waals surface area contributed by atoms with Gasteiger partial charge in [-0.15, -0.1) is 0 Å². The predicted molar refractivity (Wildman–Crippen MR) is 122 cm³/mol. The molecule has 31 heavy (non-hydrogen) atoms. The lowest BCUT2D eigenvalue weighted by Gasteiger charge is -2.23. The molecule has 2 amide bonds. The predicted octanol–water partition coefficient (Wildman–Crippen LogP) is 4.43. The van der Waals surface area contributed by atoms with Crippen molar-refractivity contribution in [2.45, 2.75) is 46.1 Å².